The van der Waals surface area contributed by atoms with Crippen LogP contribution in [-0.4, -0.2) is 16.6 Å². The van der Waals surface area contributed by atoms with E-state index in [-0.39, 0.29) is 5.60 Å². The van der Waals surface area contributed by atoms with E-state index in [0.29, 0.717) is 11.8 Å². The minimum absolute atomic E-state index is 0.332. The molecule has 0 aromatic carbocycles. The van der Waals surface area contributed by atoms with Crippen molar-refractivity contribution in [3.8, 4) is 0 Å². The van der Waals surface area contributed by atoms with Crippen LogP contribution in [0.4, 0.5) is 0 Å². The van der Waals surface area contributed by atoms with E-state index in [1.807, 2.05) is 6.92 Å². The molecule has 0 amide bonds. The summed E-state index contributed by atoms with van der Waals surface area (Å²) in [5.41, 5.74) is -0.332. The van der Waals surface area contributed by atoms with Gasteiger partial charge in [0.1, 0.15) is 15.6 Å². The minimum Gasteiger partial charge on any atom is -0.367 e. The van der Waals surface area contributed by atoms with Gasteiger partial charge in [-0.25, -0.2) is 9.97 Å². The van der Waals surface area contributed by atoms with Crippen LogP contribution in [0.25, 0.3) is 10.2 Å². The first-order valence-electron chi connectivity index (χ1n) is 7.79. The van der Waals surface area contributed by atoms with Crippen molar-refractivity contribution in [3.05, 3.63) is 21.9 Å². The summed E-state index contributed by atoms with van der Waals surface area (Å²) >= 11 is 8.13. The summed E-state index contributed by atoms with van der Waals surface area (Å²) < 4.78 is 6.11. The quantitative estimate of drug-likeness (QED) is 0.734. The highest BCUT2D eigenvalue weighted by Crippen LogP contribution is 2.41. The normalized spacial score (nSPS) is 18.2. The third-order valence-corrected chi connectivity index (χ3v) is 5.70. The number of aryl methyl sites for hydroxylation is 1. The minimum atomic E-state index is -0.332. The Balaban J connectivity index is 2.09. The maximum Gasteiger partial charge on any atom is 0.163 e. The Morgan fingerprint density at radius 3 is 2.67 bits per heavy atom. The van der Waals surface area contributed by atoms with Gasteiger partial charge in [0.05, 0.1) is 0 Å². The van der Waals surface area contributed by atoms with E-state index in [0.717, 1.165) is 35.3 Å². The van der Waals surface area contributed by atoms with Crippen LogP contribution in [0, 0.1) is 0 Å². The van der Waals surface area contributed by atoms with E-state index < -0.39 is 0 Å². The van der Waals surface area contributed by atoms with Gasteiger partial charge in [-0.15, -0.1) is 11.3 Å². The average Bonchev–Trinajstić information content (AvgIpc) is 2.92. The highest BCUT2D eigenvalue weighted by molar-refractivity contribution is 7.18. The summed E-state index contributed by atoms with van der Waals surface area (Å²) in [7, 11) is 0. The second-order valence-electron chi connectivity index (χ2n) is 5.61. The van der Waals surface area contributed by atoms with Crippen LogP contribution in [0.15, 0.2) is 6.07 Å². The molecule has 0 N–H and O–H groups in total. The van der Waals surface area contributed by atoms with Crippen molar-refractivity contribution in [3.63, 3.8) is 0 Å². The Morgan fingerprint density at radius 1 is 1.24 bits per heavy atom. The molecule has 1 saturated carbocycles. The monoisotopic (exact) mass is 324 g/mol. The molecule has 114 valence electrons. The number of aromatic nitrogens is 2. The van der Waals surface area contributed by atoms with Crippen molar-refractivity contribution in [1.29, 1.82) is 0 Å². The molecule has 0 bridgehead atoms. The van der Waals surface area contributed by atoms with Gasteiger partial charge < -0.3 is 4.74 Å². The van der Waals surface area contributed by atoms with Crippen LogP contribution in [-0.2, 0) is 16.8 Å². The van der Waals surface area contributed by atoms with E-state index in [9.17, 15) is 0 Å². The van der Waals surface area contributed by atoms with Crippen LogP contribution >= 0.6 is 22.9 Å². The molecule has 1 aliphatic rings. The third kappa shape index (κ3) is 2.81. The van der Waals surface area contributed by atoms with Crippen molar-refractivity contribution < 1.29 is 4.74 Å². The Hall–Kier alpha value is -0.710. The summed E-state index contributed by atoms with van der Waals surface area (Å²) in [5.74, 6) is 0.783. The lowest BCUT2D eigenvalue weighted by molar-refractivity contribution is -0.0764. The molecular weight excluding hydrogens is 304 g/mol. The maximum absolute atomic E-state index is 6.41. The van der Waals surface area contributed by atoms with Gasteiger partial charge >= 0.3 is 0 Å². The van der Waals surface area contributed by atoms with Gasteiger partial charge in [-0.2, -0.15) is 0 Å². The summed E-state index contributed by atoms with van der Waals surface area (Å²) in [6.45, 7) is 4.87. The molecule has 1 fully saturated rings. The van der Waals surface area contributed by atoms with E-state index in [1.165, 1.54) is 24.1 Å². The fourth-order valence-electron chi connectivity index (χ4n) is 3.15. The first kappa shape index (κ1) is 15.2. The molecule has 2 aromatic rings. The number of rotatable bonds is 4. The number of fused-ring (bicyclic) bond motifs is 1. The predicted octanol–water partition coefficient (Wildman–Crippen LogP) is 5.10. The average molecular weight is 325 g/mol. The zero-order valence-corrected chi connectivity index (χ0v) is 14.2. The molecule has 3 rings (SSSR count). The van der Waals surface area contributed by atoms with Crippen molar-refractivity contribution in [2.75, 3.05) is 6.61 Å². The topological polar surface area (TPSA) is 35.0 Å². The van der Waals surface area contributed by atoms with Gasteiger partial charge in [-0.1, -0.05) is 37.8 Å². The third-order valence-electron chi connectivity index (χ3n) is 4.24. The van der Waals surface area contributed by atoms with Crippen molar-refractivity contribution >= 4 is 33.2 Å². The van der Waals surface area contributed by atoms with Crippen LogP contribution in [0.3, 0.4) is 0 Å². The zero-order chi connectivity index (χ0) is 14.9. The van der Waals surface area contributed by atoms with E-state index in [4.69, 9.17) is 21.3 Å². The first-order chi connectivity index (χ1) is 10.2. The Kier molecular flexibility index (Phi) is 4.48. The molecule has 0 spiro atoms. The molecule has 2 aromatic heterocycles. The summed E-state index contributed by atoms with van der Waals surface area (Å²) in [6.07, 6.45) is 6.60. The molecule has 3 nitrogen and oxygen atoms in total. The molecule has 0 aliphatic heterocycles. The largest absolute Gasteiger partial charge is 0.367 e. The molecule has 0 atom stereocenters. The standard InChI is InChI=1S/C16H21ClN2OS/c1-3-11-10-12-13(17)18-15(19-14(12)21-11)16(20-4-2)8-6-5-7-9-16/h10H,3-9H2,1-2H3. The highest BCUT2D eigenvalue weighted by Gasteiger charge is 2.38. The van der Waals surface area contributed by atoms with Gasteiger partial charge in [0.2, 0.25) is 0 Å². The molecule has 0 saturated heterocycles. The first-order valence-corrected chi connectivity index (χ1v) is 8.98. The Labute approximate surface area is 134 Å². The molecule has 1 aliphatic carbocycles. The fraction of sp³-hybridized carbons (Fsp3) is 0.625. The molecule has 0 unspecified atom stereocenters. The van der Waals surface area contributed by atoms with E-state index in [1.54, 1.807) is 11.3 Å². The van der Waals surface area contributed by atoms with Gasteiger partial charge in [0.15, 0.2) is 5.82 Å². The second kappa shape index (κ2) is 6.19. The molecular formula is C16H21ClN2OS. The van der Waals surface area contributed by atoms with Gasteiger partial charge in [-0.05, 0) is 32.3 Å². The number of nitrogens with zero attached hydrogens (tertiary/aromatic N) is 2. The number of ether oxygens (including phenoxy) is 1. The summed E-state index contributed by atoms with van der Waals surface area (Å²) in [5, 5.41) is 1.54. The fourth-order valence-corrected chi connectivity index (χ4v) is 4.39. The van der Waals surface area contributed by atoms with E-state index >= 15 is 0 Å². The molecule has 21 heavy (non-hydrogen) atoms. The number of thiophene rings is 1. The van der Waals surface area contributed by atoms with Crippen LogP contribution in [0.5, 0.6) is 0 Å². The molecule has 0 radical (unpaired) electrons. The molecule has 5 heteroatoms. The Morgan fingerprint density at radius 2 is 2.00 bits per heavy atom. The maximum atomic E-state index is 6.41. The van der Waals surface area contributed by atoms with Gasteiger partial charge in [0, 0.05) is 16.9 Å². The number of hydrogen-bond acceptors (Lipinski definition) is 4. The lowest BCUT2D eigenvalue weighted by atomic mass is 9.84. The lowest BCUT2D eigenvalue weighted by Crippen LogP contribution is -2.34. The zero-order valence-electron chi connectivity index (χ0n) is 12.6. The van der Waals surface area contributed by atoms with Gasteiger partial charge in [0.25, 0.3) is 0 Å². The van der Waals surface area contributed by atoms with Gasteiger partial charge in [-0.3, -0.25) is 0 Å². The Bertz CT molecular complexity index is 629. The highest BCUT2D eigenvalue weighted by atomic mass is 35.5. The number of hydrogen-bond donors (Lipinski definition) is 0. The van der Waals surface area contributed by atoms with Crippen molar-refractivity contribution in [2.45, 2.75) is 58.0 Å². The van der Waals surface area contributed by atoms with Crippen LogP contribution in [0.1, 0.15) is 56.7 Å². The van der Waals surface area contributed by atoms with Crippen molar-refractivity contribution in [2.24, 2.45) is 0 Å². The lowest BCUT2D eigenvalue weighted by Gasteiger charge is -2.35. The van der Waals surface area contributed by atoms with Crippen LogP contribution in [0.2, 0.25) is 5.15 Å². The number of halogens is 1. The second-order valence-corrected chi connectivity index (χ2v) is 7.08. The summed E-state index contributed by atoms with van der Waals surface area (Å²) in [6, 6.07) is 2.11. The predicted molar refractivity (Wildman–Crippen MR) is 88.2 cm³/mol. The van der Waals surface area contributed by atoms with E-state index in [2.05, 4.69) is 18.0 Å². The SMILES string of the molecule is CCOC1(c2nc(Cl)c3cc(CC)sc3n2)CCCCC1. The van der Waals surface area contributed by atoms with Crippen molar-refractivity contribution in [1.82, 2.24) is 9.97 Å². The molecule has 2 heterocycles. The summed E-state index contributed by atoms with van der Waals surface area (Å²) in [4.78, 5) is 11.7. The van der Waals surface area contributed by atoms with Crippen LogP contribution < -0.4 is 0 Å². The smallest absolute Gasteiger partial charge is 0.163 e.